The fourth-order valence-corrected chi connectivity index (χ4v) is 3.28. The highest BCUT2D eigenvalue weighted by atomic mass is 127. The number of nitrogens with one attached hydrogen (secondary N) is 2. The van der Waals surface area contributed by atoms with E-state index in [1.807, 2.05) is 12.3 Å². The number of aryl methyl sites for hydroxylation is 1. The Bertz CT molecular complexity index is 798. The normalized spacial score (nSPS) is 16.9. The van der Waals surface area contributed by atoms with E-state index in [1.54, 1.807) is 0 Å². The van der Waals surface area contributed by atoms with Crippen LogP contribution in [0.15, 0.2) is 47.6 Å². The second kappa shape index (κ2) is 12.0. The minimum Gasteiger partial charge on any atom is -0.375 e. The first kappa shape index (κ1) is 23.4. The Kier molecular flexibility index (Phi) is 9.66. The second-order valence-electron chi connectivity index (χ2n) is 7.19. The topological polar surface area (TPSA) is 61.8 Å². The number of hydrogen-bond acceptors (Lipinski definition) is 4. The molecule has 7 heteroatoms. The third kappa shape index (κ3) is 7.47. The first-order chi connectivity index (χ1) is 13.6. The van der Waals surface area contributed by atoms with Gasteiger partial charge in [0.05, 0.1) is 19.3 Å². The Morgan fingerprint density at radius 2 is 2.10 bits per heavy atom. The van der Waals surface area contributed by atoms with Gasteiger partial charge < -0.3 is 20.3 Å². The average molecular weight is 509 g/mol. The molecule has 1 atom stereocenters. The van der Waals surface area contributed by atoms with Gasteiger partial charge in [-0.1, -0.05) is 29.8 Å². The molecule has 0 aliphatic carbocycles. The van der Waals surface area contributed by atoms with Crippen LogP contribution in [0, 0.1) is 6.92 Å². The zero-order valence-corrected chi connectivity index (χ0v) is 19.8. The molecule has 2 heterocycles. The summed E-state index contributed by atoms with van der Waals surface area (Å²) in [6, 6.07) is 12.7. The van der Waals surface area contributed by atoms with E-state index in [1.165, 1.54) is 16.7 Å². The van der Waals surface area contributed by atoms with E-state index < -0.39 is 0 Å². The minimum atomic E-state index is 0. The Morgan fingerprint density at radius 1 is 1.24 bits per heavy atom. The summed E-state index contributed by atoms with van der Waals surface area (Å²) in [6.07, 6.45) is 2.12. The maximum absolute atomic E-state index is 5.63. The maximum atomic E-state index is 5.63. The highest BCUT2D eigenvalue weighted by molar-refractivity contribution is 14.0. The van der Waals surface area contributed by atoms with Gasteiger partial charge in [-0.15, -0.1) is 24.0 Å². The number of nitrogens with zero attached hydrogens (tertiary/aromatic N) is 3. The van der Waals surface area contributed by atoms with Gasteiger partial charge in [0.25, 0.3) is 0 Å². The van der Waals surface area contributed by atoms with E-state index in [2.05, 4.69) is 71.6 Å². The number of aromatic nitrogens is 1. The number of anilines is 1. The minimum absolute atomic E-state index is 0. The van der Waals surface area contributed by atoms with Crippen LogP contribution in [0.1, 0.15) is 30.5 Å². The quantitative estimate of drug-likeness (QED) is 0.355. The van der Waals surface area contributed by atoms with Crippen LogP contribution in [0.3, 0.4) is 0 Å². The number of morpholine rings is 1. The van der Waals surface area contributed by atoms with Crippen molar-refractivity contribution < 1.29 is 4.74 Å². The highest BCUT2D eigenvalue weighted by Gasteiger charge is 2.18. The summed E-state index contributed by atoms with van der Waals surface area (Å²) in [5.41, 5.74) is 3.66. The van der Waals surface area contributed by atoms with Gasteiger partial charge in [-0.05, 0) is 44.0 Å². The van der Waals surface area contributed by atoms with Crippen molar-refractivity contribution in [2.45, 2.75) is 40.0 Å². The molecule has 1 unspecified atom stereocenters. The molecule has 0 spiro atoms. The number of hydrogen-bond donors (Lipinski definition) is 2. The zero-order valence-electron chi connectivity index (χ0n) is 17.5. The van der Waals surface area contributed by atoms with Crippen LogP contribution in [0.2, 0.25) is 0 Å². The molecular formula is C22H32IN5O. The van der Waals surface area contributed by atoms with Gasteiger partial charge in [0.1, 0.15) is 5.82 Å². The van der Waals surface area contributed by atoms with E-state index in [0.717, 1.165) is 38.0 Å². The molecule has 0 bridgehead atoms. The predicted molar refractivity (Wildman–Crippen MR) is 130 cm³/mol. The lowest BCUT2D eigenvalue weighted by molar-refractivity contribution is 0.0529. The SMILES string of the molecule is CCNC(=NCc1cccc(C)c1)NCc1ccnc(N2CCOC(C)C2)c1.I. The molecule has 1 saturated heterocycles. The molecule has 0 saturated carbocycles. The van der Waals surface area contributed by atoms with Crippen molar-refractivity contribution in [2.75, 3.05) is 31.1 Å². The van der Waals surface area contributed by atoms with Gasteiger partial charge in [-0.3, -0.25) is 0 Å². The lowest BCUT2D eigenvalue weighted by Crippen LogP contribution is -2.41. The molecule has 1 aromatic heterocycles. The van der Waals surface area contributed by atoms with Crippen molar-refractivity contribution in [3.63, 3.8) is 0 Å². The standard InChI is InChI=1S/C22H31N5O.HI/c1-4-23-22(25-14-19-7-5-6-17(2)12-19)26-15-20-8-9-24-21(13-20)27-10-11-28-18(3)16-27;/h5-9,12-13,18H,4,10-11,14-16H2,1-3H3,(H2,23,25,26);1H. The number of aliphatic imine (C=N–C) groups is 1. The molecule has 1 aliphatic rings. The van der Waals surface area contributed by atoms with Crippen LogP contribution >= 0.6 is 24.0 Å². The fourth-order valence-electron chi connectivity index (χ4n) is 3.28. The van der Waals surface area contributed by atoms with Crippen LogP contribution in [-0.4, -0.2) is 43.3 Å². The van der Waals surface area contributed by atoms with Crippen molar-refractivity contribution in [2.24, 2.45) is 4.99 Å². The van der Waals surface area contributed by atoms with Crippen molar-refractivity contribution in [3.05, 3.63) is 59.3 Å². The van der Waals surface area contributed by atoms with Gasteiger partial charge >= 0.3 is 0 Å². The van der Waals surface area contributed by atoms with Gasteiger partial charge in [0, 0.05) is 32.4 Å². The second-order valence-corrected chi connectivity index (χ2v) is 7.19. The molecule has 3 rings (SSSR count). The predicted octanol–water partition coefficient (Wildman–Crippen LogP) is 3.49. The molecule has 29 heavy (non-hydrogen) atoms. The first-order valence-corrected chi connectivity index (χ1v) is 10.0. The smallest absolute Gasteiger partial charge is 0.191 e. The van der Waals surface area contributed by atoms with Crippen molar-refractivity contribution in [1.29, 1.82) is 0 Å². The Labute approximate surface area is 191 Å². The monoisotopic (exact) mass is 509 g/mol. The summed E-state index contributed by atoms with van der Waals surface area (Å²) in [7, 11) is 0. The number of rotatable bonds is 6. The van der Waals surface area contributed by atoms with Crippen LogP contribution in [0.5, 0.6) is 0 Å². The third-order valence-electron chi connectivity index (χ3n) is 4.68. The molecule has 6 nitrogen and oxygen atoms in total. The molecule has 158 valence electrons. The van der Waals surface area contributed by atoms with Crippen LogP contribution in [0.4, 0.5) is 5.82 Å². The average Bonchev–Trinajstić information content (AvgIpc) is 2.70. The number of ether oxygens (including phenoxy) is 1. The van der Waals surface area contributed by atoms with Crippen molar-refractivity contribution in [1.82, 2.24) is 15.6 Å². The van der Waals surface area contributed by atoms with Gasteiger partial charge in [-0.2, -0.15) is 0 Å². The van der Waals surface area contributed by atoms with Gasteiger partial charge in [0.15, 0.2) is 5.96 Å². The lowest BCUT2D eigenvalue weighted by Gasteiger charge is -2.32. The van der Waals surface area contributed by atoms with Crippen LogP contribution < -0.4 is 15.5 Å². The molecule has 0 radical (unpaired) electrons. The van der Waals surface area contributed by atoms with E-state index in [0.29, 0.717) is 13.1 Å². The third-order valence-corrected chi connectivity index (χ3v) is 4.68. The molecule has 1 fully saturated rings. The molecule has 2 aromatic rings. The summed E-state index contributed by atoms with van der Waals surface area (Å²) in [5, 5.41) is 6.75. The zero-order chi connectivity index (χ0) is 19.8. The summed E-state index contributed by atoms with van der Waals surface area (Å²) in [6.45, 7) is 11.0. The number of pyridine rings is 1. The molecule has 2 N–H and O–H groups in total. The van der Waals surface area contributed by atoms with E-state index in [9.17, 15) is 0 Å². The number of benzene rings is 1. The first-order valence-electron chi connectivity index (χ1n) is 10.0. The fraction of sp³-hybridized carbons (Fsp3) is 0.455. The number of guanidine groups is 1. The van der Waals surface area contributed by atoms with E-state index >= 15 is 0 Å². The number of halogens is 1. The van der Waals surface area contributed by atoms with Crippen molar-refractivity contribution >= 4 is 35.8 Å². The Balaban J connectivity index is 0.00000300. The van der Waals surface area contributed by atoms with Gasteiger partial charge in [-0.25, -0.2) is 9.98 Å². The Morgan fingerprint density at radius 3 is 2.86 bits per heavy atom. The summed E-state index contributed by atoms with van der Waals surface area (Å²) in [4.78, 5) is 11.5. The maximum Gasteiger partial charge on any atom is 0.191 e. The Hall–Kier alpha value is -1.87. The van der Waals surface area contributed by atoms with E-state index in [4.69, 9.17) is 9.73 Å². The summed E-state index contributed by atoms with van der Waals surface area (Å²) >= 11 is 0. The van der Waals surface area contributed by atoms with Crippen LogP contribution in [0.25, 0.3) is 0 Å². The summed E-state index contributed by atoms with van der Waals surface area (Å²) < 4.78 is 5.63. The summed E-state index contributed by atoms with van der Waals surface area (Å²) in [5.74, 6) is 1.83. The van der Waals surface area contributed by atoms with E-state index in [-0.39, 0.29) is 30.1 Å². The highest BCUT2D eigenvalue weighted by Crippen LogP contribution is 2.16. The molecule has 1 aromatic carbocycles. The molecule has 0 amide bonds. The molecular weight excluding hydrogens is 477 g/mol. The lowest BCUT2D eigenvalue weighted by atomic mass is 10.1. The van der Waals surface area contributed by atoms with Crippen molar-refractivity contribution in [3.8, 4) is 0 Å². The largest absolute Gasteiger partial charge is 0.375 e. The van der Waals surface area contributed by atoms with Crippen LogP contribution in [-0.2, 0) is 17.8 Å². The molecule has 1 aliphatic heterocycles. The van der Waals surface area contributed by atoms with Gasteiger partial charge in [0.2, 0.25) is 0 Å².